The second kappa shape index (κ2) is 6.77. The predicted octanol–water partition coefficient (Wildman–Crippen LogP) is 1.89. The summed E-state index contributed by atoms with van der Waals surface area (Å²) < 4.78 is 2.00. The molecule has 1 atom stereocenters. The summed E-state index contributed by atoms with van der Waals surface area (Å²) in [5, 5.41) is 8.02. The van der Waals surface area contributed by atoms with Gasteiger partial charge >= 0.3 is 0 Å². The van der Waals surface area contributed by atoms with Gasteiger partial charge in [-0.1, -0.05) is 0 Å². The van der Waals surface area contributed by atoms with Crippen molar-refractivity contribution in [1.82, 2.24) is 20.0 Å². The largest absolute Gasteiger partial charge is 0.309 e. The van der Waals surface area contributed by atoms with E-state index in [9.17, 15) is 0 Å². The van der Waals surface area contributed by atoms with Crippen molar-refractivity contribution >= 4 is 0 Å². The standard InChI is InChI=1S/C13H26N4/c1-11(2)17-9-7-13(15-17)10-14-12(3)6-8-16(4)5/h7,9,11-12,14H,6,8,10H2,1-5H3. The van der Waals surface area contributed by atoms with Crippen molar-refractivity contribution in [2.75, 3.05) is 20.6 Å². The third-order valence-electron chi connectivity index (χ3n) is 2.83. The highest BCUT2D eigenvalue weighted by atomic mass is 15.3. The predicted molar refractivity (Wildman–Crippen MR) is 72.1 cm³/mol. The number of nitrogens with one attached hydrogen (secondary N) is 1. The first-order chi connectivity index (χ1) is 7.99. The van der Waals surface area contributed by atoms with Crippen LogP contribution < -0.4 is 5.32 Å². The van der Waals surface area contributed by atoms with E-state index in [1.807, 2.05) is 10.9 Å². The second-order valence-electron chi connectivity index (χ2n) is 5.25. The topological polar surface area (TPSA) is 33.1 Å². The summed E-state index contributed by atoms with van der Waals surface area (Å²) in [5.41, 5.74) is 1.12. The van der Waals surface area contributed by atoms with Gasteiger partial charge in [-0.15, -0.1) is 0 Å². The van der Waals surface area contributed by atoms with Crippen LogP contribution in [0.15, 0.2) is 12.3 Å². The van der Waals surface area contributed by atoms with Crippen molar-refractivity contribution < 1.29 is 0 Å². The molecule has 0 bridgehead atoms. The van der Waals surface area contributed by atoms with Crippen LogP contribution in [-0.4, -0.2) is 41.4 Å². The Balaban J connectivity index is 2.29. The van der Waals surface area contributed by atoms with Gasteiger partial charge in [0, 0.05) is 24.8 Å². The summed E-state index contributed by atoms with van der Waals surface area (Å²) in [5.74, 6) is 0. The molecular formula is C13H26N4. The van der Waals surface area contributed by atoms with Crippen LogP contribution in [0.4, 0.5) is 0 Å². The lowest BCUT2D eigenvalue weighted by Crippen LogP contribution is -2.29. The zero-order valence-corrected chi connectivity index (χ0v) is 11.8. The van der Waals surface area contributed by atoms with Crippen LogP contribution in [0.5, 0.6) is 0 Å². The van der Waals surface area contributed by atoms with E-state index in [0.717, 1.165) is 25.2 Å². The first-order valence-corrected chi connectivity index (χ1v) is 6.41. The van der Waals surface area contributed by atoms with Gasteiger partial charge in [0.25, 0.3) is 0 Å². The van der Waals surface area contributed by atoms with E-state index in [-0.39, 0.29) is 0 Å². The summed E-state index contributed by atoms with van der Waals surface area (Å²) in [6.07, 6.45) is 3.21. The summed E-state index contributed by atoms with van der Waals surface area (Å²) in [6.45, 7) is 8.49. The highest BCUT2D eigenvalue weighted by Crippen LogP contribution is 2.04. The fraction of sp³-hybridized carbons (Fsp3) is 0.769. The van der Waals surface area contributed by atoms with Gasteiger partial charge in [0.15, 0.2) is 0 Å². The van der Waals surface area contributed by atoms with Crippen LogP contribution >= 0.6 is 0 Å². The molecule has 0 amide bonds. The molecule has 0 fully saturated rings. The SMILES string of the molecule is CC(CCN(C)C)NCc1ccn(C(C)C)n1. The monoisotopic (exact) mass is 238 g/mol. The van der Waals surface area contributed by atoms with Gasteiger partial charge < -0.3 is 10.2 Å². The maximum Gasteiger partial charge on any atom is 0.0762 e. The summed E-state index contributed by atoms with van der Waals surface area (Å²) in [7, 11) is 4.22. The molecule has 4 heteroatoms. The number of nitrogens with zero attached hydrogens (tertiary/aromatic N) is 3. The fourth-order valence-electron chi connectivity index (χ4n) is 1.59. The number of rotatable bonds is 7. The van der Waals surface area contributed by atoms with Gasteiger partial charge in [-0.05, 0) is 53.9 Å². The minimum Gasteiger partial charge on any atom is -0.309 e. The first-order valence-electron chi connectivity index (χ1n) is 6.41. The average Bonchev–Trinajstić information content (AvgIpc) is 2.72. The van der Waals surface area contributed by atoms with E-state index < -0.39 is 0 Å². The van der Waals surface area contributed by atoms with Crippen LogP contribution in [0, 0.1) is 0 Å². The van der Waals surface area contributed by atoms with Crippen molar-refractivity contribution in [3.63, 3.8) is 0 Å². The van der Waals surface area contributed by atoms with Crippen molar-refractivity contribution in [3.05, 3.63) is 18.0 Å². The van der Waals surface area contributed by atoms with Gasteiger partial charge in [0.2, 0.25) is 0 Å². The van der Waals surface area contributed by atoms with Gasteiger partial charge in [0.05, 0.1) is 5.69 Å². The molecule has 0 aromatic carbocycles. The van der Waals surface area contributed by atoms with E-state index in [0.29, 0.717) is 12.1 Å². The molecule has 0 saturated heterocycles. The lowest BCUT2D eigenvalue weighted by Gasteiger charge is -2.16. The molecule has 0 radical (unpaired) electrons. The van der Waals surface area contributed by atoms with Crippen molar-refractivity contribution in [3.8, 4) is 0 Å². The Hall–Kier alpha value is -0.870. The highest BCUT2D eigenvalue weighted by Gasteiger charge is 2.05. The van der Waals surface area contributed by atoms with Crippen molar-refractivity contribution in [2.24, 2.45) is 0 Å². The third-order valence-corrected chi connectivity index (χ3v) is 2.83. The number of hydrogen-bond acceptors (Lipinski definition) is 3. The van der Waals surface area contributed by atoms with Crippen LogP contribution in [-0.2, 0) is 6.54 Å². The fourth-order valence-corrected chi connectivity index (χ4v) is 1.59. The smallest absolute Gasteiger partial charge is 0.0762 e. The minimum absolute atomic E-state index is 0.440. The Morgan fingerprint density at radius 2 is 2.06 bits per heavy atom. The summed E-state index contributed by atoms with van der Waals surface area (Å²) in [4.78, 5) is 2.21. The normalized spacial score (nSPS) is 13.6. The van der Waals surface area contributed by atoms with Gasteiger partial charge in [-0.25, -0.2) is 0 Å². The van der Waals surface area contributed by atoms with E-state index in [2.05, 4.69) is 56.2 Å². The molecule has 1 unspecified atom stereocenters. The van der Waals surface area contributed by atoms with Crippen LogP contribution in [0.2, 0.25) is 0 Å². The molecular weight excluding hydrogens is 212 g/mol. The molecule has 1 heterocycles. The molecule has 0 saturated carbocycles. The maximum atomic E-state index is 4.52. The van der Waals surface area contributed by atoms with E-state index in [4.69, 9.17) is 0 Å². The summed E-state index contributed by atoms with van der Waals surface area (Å²) in [6, 6.07) is 3.06. The molecule has 1 aromatic rings. The highest BCUT2D eigenvalue weighted by molar-refractivity contribution is 4.99. The minimum atomic E-state index is 0.440. The maximum absolute atomic E-state index is 4.52. The lowest BCUT2D eigenvalue weighted by atomic mass is 10.2. The van der Waals surface area contributed by atoms with Gasteiger partial charge in [0.1, 0.15) is 0 Å². The van der Waals surface area contributed by atoms with Crippen molar-refractivity contribution in [1.29, 1.82) is 0 Å². The van der Waals surface area contributed by atoms with Crippen LogP contribution in [0.3, 0.4) is 0 Å². The number of aromatic nitrogens is 2. The van der Waals surface area contributed by atoms with E-state index >= 15 is 0 Å². The Bertz CT molecular complexity index is 317. The van der Waals surface area contributed by atoms with Crippen LogP contribution in [0.25, 0.3) is 0 Å². The molecule has 4 nitrogen and oxygen atoms in total. The molecule has 0 aliphatic carbocycles. The molecule has 17 heavy (non-hydrogen) atoms. The molecule has 0 aliphatic heterocycles. The molecule has 1 rings (SSSR count). The van der Waals surface area contributed by atoms with Crippen molar-refractivity contribution in [2.45, 2.75) is 45.8 Å². The molecule has 98 valence electrons. The summed E-state index contributed by atoms with van der Waals surface area (Å²) >= 11 is 0. The van der Waals surface area contributed by atoms with Gasteiger partial charge in [-0.2, -0.15) is 5.10 Å². The second-order valence-corrected chi connectivity index (χ2v) is 5.25. The molecule has 1 aromatic heterocycles. The zero-order chi connectivity index (χ0) is 12.8. The first kappa shape index (κ1) is 14.2. The Labute approximate surface area is 105 Å². The molecule has 0 aliphatic rings. The lowest BCUT2D eigenvalue weighted by molar-refractivity contribution is 0.364. The number of hydrogen-bond donors (Lipinski definition) is 1. The van der Waals surface area contributed by atoms with Crippen LogP contribution in [0.1, 0.15) is 38.9 Å². The average molecular weight is 238 g/mol. The Morgan fingerprint density at radius 3 is 2.59 bits per heavy atom. The zero-order valence-electron chi connectivity index (χ0n) is 11.8. The molecule has 0 spiro atoms. The quantitative estimate of drug-likeness (QED) is 0.787. The Kier molecular flexibility index (Phi) is 5.65. The molecule has 1 N–H and O–H groups in total. The van der Waals surface area contributed by atoms with E-state index in [1.54, 1.807) is 0 Å². The third kappa shape index (κ3) is 5.33. The Morgan fingerprint density at radius 1 is 1.35 bits per heavy atom. The van der Waals surface area contributed by atoms with Gasteiger partial charge in [-0.3, -0.25) is 4.68 Å². The van der Waals surface area contributed by atoms with E-state index in [1.165, 1.54) is 0 Å².